The number of aromatic nitrogens is 2. The summed E-state index contributed by atoms with van der Waals surface area (Å²) in [5, 5.41) is 11.1. The first-order chi connectivity index (χ1) is 17.7. The van der Waals surface area contributed by atoms with E-state index in [9.17, 15) is 19.5 Å². The molecule has 0 saturated heterocycles. The predicted molar refractivity (Wildman–Crippen MR) is 139 cm³/mol. The minimum Gasteiger partial charge on any atom is -0.481 e. The lowest BCUT2D eigenvalue weighted by Gasteiger charge is -2.28. The minimum atomic E-state index is -1.10. The Kier molecular flexibility index (Phi) is 7.03. The van der Waals surface area contributed by atoms with E-state index in [1.54, 1.807) is 64.9 Å². The molecule has 1 aromatic carbocycles. The normalized spacial score (nSPS) is 19.3. The quantitative estimate of drug-likeness (QED) is 0.403. The smallest absolute Gasteiger partial charge is 0.419 e. The lowest BCUT2D eigenvalue weighted by molar-refractivity contribution is -0.140. The molecule has 1 saturated carbocycles. The van der Waals surface area contributed by atoms with E-state index in [2.05, 4.69) is 4.98 Å². The number of hydrogen-bond donors (Lipinski definition) is 1. The summed E-state index contributed by atoms with van der Waals surface area (Å²) in [7, 11) is 0. The Labute approximate surface area is 221 Å². The van der Waals surface area contributed by atoms with Gasteiger partial charge in [0, 0.05) is 23.8 Å². The molecule has 0 radical (unpaired) electrons. The van der Waals surface area contributed by atoms with Crippen molar-refractivity contribution in [3.8, 4) is 5.69 Å². The van der Waals surface area contributed by atoms with E-state index in [1.165, 1.54) is 0 Å². The summed E-state index contributed by atoms with van der Waals surface area (Å²) >= 11 is 0. The van der Waals surface area contributed by atoms with Gasteiger partial charge in [-0.1, -0.05) is 0 Å². The Morgan fingerprint density at radius 3 is 2.37 bits per heavy atom. The van der Waals surface area contributed by atoms with Gasteiger partial charge in [-0.05, 0) is 91.0 Å². The number of amides is 2. The summed E-state index contributed by atoms with van der Waals surface area (Å²) < 4.78 is 18.0. The van der Waals surface area contributed by atoms with Crippen molar-refractivity contribution in [1.82, 2.24) is 14.5 Å². The molecule has 10 nitrogen and oxygen atoms in total. The molecule has 2 heterocycles. The Bertz CT molecular complexity index is 1320. The van der Waals surface area contributed by atoms with E-state index in [4.69, 9.17) is 13.9 Å². The number of carboxylic acid groups (broad SMARTS) is 1. The minimum absolute atomic E-state index is 0.0508. The highest BCUT2D eigenvalue weighted by Crippen LogP contribution is 2.56. The van der Waals surface area contributed by atoms with Crippen molar-refractivity contribution in [3.63, 3.8) is 0 Å². The van der Waals surface area contributed by atoms with Crippen LogP contribution in [0.4, 0.5) is 9.59 Å². The second kappa shape index (κ2) is 9.81. The van der Waals surface area contributed by atoms with Crippen LogP contribution in [0.25, 0.3) is 16.7 Å². The third kappa shape index (κ3) is 5.84. The number of carboxylic acids is 1. The van der Waals surface area contributed by atoms with Crippen LogP contribution in [-0.4, -0.2) is 55.5 Å². The zero-order chi connectivity index (χ0) is 27.9. The number of carbonyl (C=O) groups is 3. The Hall–Kier alpha value is -3.82. The van der Waals surface area contributed by atoms with Crippen molar-refractivity contribution in [2.24, 2.45) is 5.92 Å². The Morgan fingerprint density at radius 1 is 1.11 bits per heavy atom. The van der Waals surface area contributed by atoms with E-state index < -0.39 is 34.8 Å². The zero-order valence-electron chi connectivity index (χ0n) is 22.7. The average molecular weight is 526 g/mol. The number of aliphatic carboxylic acids is 1. The van der Waals surface area contributed by atoms with E-state index in [0.717, 1.165) is 21.6 Å². The molecule has 2 unspecified atom stereocenters. The highest BCUT2D eigenvalue weighted by molar-refractivity contribution is 5.88. The van der Waals surface area contributed by atoms with E-state index >= 15 is 0 Å². The zero-order valence-corrected chi connectivity index (χ0v) is 22.7. The largest absolute Gasteiger partial charge is 0.481 e. The van der Waals surface area contributed by atoms with Crippen LogP contribution in [0, 0.1) is 5.92 Å². The molecule has 1 aliphatic rings. The van der Waals surface area contributed by atoms with Crippen LogP contribution in [0.5, 0.6) is 0 Å². The SMILES string of the molecule is CC(C)(C)OC(=O)N(CCCC1CC1(C(=O)O)c1cn(-c2ccc3occc3c2)cn1)C(=O)OC(C)(C)C. The molecule has 0 spiro atoms. The molecule has 204 valence electrons. The molecule has 0 aliphatic heterocycles. The van der Waals surface area contributed by atoms with E-state index in [0.29, 0.717) is 25.0 Å². The predicted octanol–water partition coefficient (Wildman–Crippen LogP) is 5.91. The first kappa shape index (κ1) is 27.2. The van der Waals surface area contributed by atoms with Gasteiger partial charge in [-0.25, -0.2) is 19.5 Å². The maximum absolute atomic E-state index is 12.7. The molecule has 1 N–H and O–H groups in total. The molecule has 2 aromatic heterocycles. The topological polar surface area (TPSA) is 124 Å². The number of fused-ring (bicyclic) bond motifs is 1. The number of rotatable bonds is 7. The molecule has 1 fully saturated rings. The summed E-state index contributed by atoms with van der Waals surface area (Å²) in [4.78, 5) is 43.2. The molecular weight excluding hydrogens is 490 g/mol. The summed E-state index contributed by atoms with van der Waals surface area (Å²) in [6, 6.07) is 7.56. The third-order valence-corrected chi connectivity index (χ3v) is 6.42. The number of carbonyl (C=O) groups excluding carboxylic acids is 2. The lowest BCUT2D eigenvalue weighted by Crippen LogP contribution is -2.44. The first-order valence-electron chi connectivity index (χ1n) is 12.7. The van der Waals surface area contributed by atoms with Crippen LogP contribution in [0.1, 0.15) is 66.5 Å². The van der Waals surface area contributed by atoms with Crippen LogP contribution < -0.4 is 0 Å². The van der Waals surface area contributed by atoms with Gasteiger partial charge in [-0.15, -0.1) is 0 Å². The molecule has 38 heavy (non-hydrogen) atoms. The van der Waals surface area contributed by atoms with Gasteiger partial charge >= 0.3 is 18.2 Å². The number of hydrogen-bond acceptors (Lipinski definition) is 7. The fourth-order valence-electron chi connectivity index (χ4n) is 4.56. The standard InChI is InChI=1S/C28H35N3O7/c1-26(2,3)37-24(34)31(25(35)38-27(4,5)6)12-7-8-19-15-28(19,23(32)33)22-16-30(17-29-22)20-9-10-21-18(14-20)11-13-36-21/h9-11,13-14,16-17,19H,7-8,12,15H2,1-6H3,(H,32,33). The van der Waals surface area contributed by atoms with Crippen molar-refractivity contribution in [2.75, 3.05) is 6.54 Å². The summed E-state index contributed by atoms with van der Waals surface area (Å²) in [5.74, 6) is -1.12. The van der Waals surface area contributed by atoms with Crippen LogP contribution in [-0.2, 0) is 19.7 Å². The monoisotopic (exact) mass is 525 g/mol. The number of benzene rings is 1. The van der Waals surface area contributed by atoms with Gasteiger partial charge in [-0.3, -0.25) is 4.79 Å². The molecule has 4 rings (SSSR count). The number of imide groups is 1. The van der Waals surface area contributed by atoms with Crippen molar-refractivity contribution >= 4 is 29.1 Å². The fourth-order valence-corrected chi connectivity index (χ4v) is 4.56. The summed E-state index contributed by atoms with van der Waals surface area (Å²) in [6.07, 6.45) is 4.72. The maximum Gasteiger partial charge on any atom is 0.419 e. The highest BCUT2D eigenvalue weighted by atomic mass is 16.6. The van der Waals surface area contributed by atoms with Crippen LogP contribution in [0.15, 0.2) is 47.5 Å². The highest BCUT2D eigenvalue weighted by Gasteiger charge is 2.62. The van der Waals surface area contributed by atoms with Gasteiger partial charge in [0.15, 0.2) is 0 Å². The second-order valence-electron chi connectivity index (χ2n) is 11.7. The van der Waals surface area contributed by atoms with E-state index in [1.807, 2.05) is 24.3 Å². The second-order valence-corrected chi connectivity index (χ2v) is 11.7. The fraction of sp³-hybridized carbons (Fsp3) is 0.500. The van der Waals surface area contributed by atoms with Gasteiger partial charge in [0.2, 0.25) is 0 Å². The van der Waals surface area contributed by atoms with Gasteiger partial charge < -0.3 is 23.6 Å². The maximum atomic E-state index is 12.7. The number of nitrogens with zero attached hydrogens (tertiary/aromatic N) is 3. The van der Waals surface area contributed by atoms with Crippen molar-refractivity contribution in [2.45, 2.75) is 77.4 Å². The number of imidazole rings is 1. The molecule has 10 heteroatoms. The van der Waals surface area contributed by atoms with Crippen molar-refractivity contribution in [3.05, 3.63) is 48.7 Å². The van der Waals surface area contributed by atoms with Gasteiger partial charge in [-0.2, -0.15) is 0 Å². The van der Waals surface area contributed by atoms with Crippen LogP contribution in [0.3, 0.4) is 0 Å². The molecule has 3 aromatic rings. The third-order valence-electron chi connectivity index (χ3n) is 6.42. The number of ether oxygens (including phenoxy) is 2. The van der Waals surface area contributed by atoms with Crippen LogP contribution in [0.2, 0.25) is 0 Å². The van der Waals surface area contributed by atoms with Crippen LogP contribution >= 0.6 is 0 Å². The molecule has 2 atom stereocenters. The average Bonchev–Trinajstić information content (AvgIpc) is 3.12. The Balaban J connectivity index is 1.44. The molecular formula is C28H35N3O7. The molecule has 0 bridgehead atoms. The van der Waals surface area contributed by atoms with Gasteiger partial charge in [0.05, 0.1) is 18.3 Å². The van der Waals surface area contributed by atoms with Gasteiger partial charge in [0.25, 0.3) is 0 Å². The van der Waals surface area contributed by atoms with E-state index in [-0.39, 0.29) is 12.5 Å². The van der Waals surface area contributed by atoms with Crippen molar-refractivity contribution in [1.29, 1.82) is 0 Å². The lowest BCUT2D eigenvalue weighted by atomic mass is 9.97. The summed E-state index contributed by atoms with van der Waals surface area (Å²) in [6.45, 7) is 10.4. The van der Waals surface area contributed by atoms with Gasteiger partial charge in [0.1, 0.15) is 22.2 Å². The molecule has 2 amide bonds. The Morgan fingerprint density at radius 2 is 1.76 bits per heavy atom. The number of furan rings is 1. The van der Waals surface area contributed by atoms with Crippen molar-refractivity contribution < 1.29 is 33.4 Å². The summed E-state index contributed by atoms with van der Waals surface area (Å²) in [5.41, 5.74) is -0.571. The molecule has 1 aliphatic carbocycles. The first-order valence-corrected chi connectivity index (χ1v) is 12.7.